The first kappa shape index (κ1) is 15.2. The lowest BCUT2D eigenvalue weighted by atomic mass is 10.2. The van der Waals surface area contributed by atoms with Gasteiger partial charge >= 0.3 is 0 Å². The number of halogens is 1. The molecule has 0 amide bonds. The number of nitrogens with one attached hydrogen (secondary N) is 2. The fourth-order valence-electron chi connectivity index (χ4n) is 2.30. The van der Waals surface area contributed by atoms with Crippen LogP contribution in [-0.2, 0) is 14.8 Å². The van der Waals surface area contributed by atoms with Gasteiger partial charge in [0, 0.05) is 17.2 Å². The molecule has 1 aliphatic rings. The third-order valence-electron chi connectivity index (χ3n) is 3.26. The van der Waals surface area contributed by atoms with Crippen molar-refractivity contribution in [1.82, 2.24) is 20.6 Å². The number of rotatable bonds is 5. The Morgan fingerprint density at radius 2 is 2.32 bits per heavy atom. The maximum atomic E-state index is 12.3. The summed E-state index contributed by atoms with van der Waals surface area (Å²) >= 11 is 5.96. The van der Waals surface area contributed by atoms with Crippen LogP contribution in [-0.4, -0.2) is 47.5 Å². The highest BCUT2D eigenvalue weighted by Crippen LogP contribution is 2.29. The van der Waals surface area contributed by atoms with Gasteiger partial charge in [-0.2, -0.15) is 5.21 Å². The van der Waals surface area contributed by atoms with Crippen molar-refractivity contribution in [3.05, 3.63) is 23.2 Å². The number of aromatic nitrogens is 4. The summed E-state index contributed by atoms with van der Waals surface area (Å²) in [6.07, 6.45) is 1.37. The highest BCUT2D eigenvalue weighted by molar-refractivity contribution is 7.92. The molecule has 1 aromatic heterocycles. The Labute approximate surface area is 132 Å². The predicted molar refractivity (Wildman–Crippen MR) is 81.0 cm³/mol. The Balaban J connectivity index is 1.85. The summed E-state index contributed by atoms with van der Waals surface area (Å²) in [6.45, 7) is 0.606. The highest BCUT2D eigenvalue weighted by atomic mass is 35.5. The number of hydrogen-bond acceptors (Lipinski definition) is 6. The van der Waals surface area contributed by atoms with E-state index in [9.17, 15) is 8.42 Å². The van der Waals surface area contributed by atoms with Crippen LogP contribution < -0.4 is 4.72 Å². The smallest absolute Gasteiger partial charge is 0.235 e. The zero-order valence-corrected chi connectivity index (χ0v) is 13.1. The predicted octanol–water partition coefficient (Wildman–Crippen LogP) is 1.44. The number of sulfonamides is 1. The zero-order chi connectivity index (χ0) is 15.6. The Kier molecular flexibility index (Phi) is 4.27. The van der Waals surface area contributed by atoms with Crippen LogP contribution in [0.25, 0.3) is 11.4 Å². The minimum absolute atomic E-state index is 0.0820. The van der Waals surface area contributed by atoms with Gasteiger partial charge in [0.15, 0.2) is 0 Å². The first-order valence-corrected chi connectivity index (χ1v) is 8.72. The van der Waals surface area contributed by atoms with E-state index in [1.165, 1.54) is 0 Å². The van der Waals surface area contributed by atoms with Crippen molar-refractivity contribution in [2.24, 2.45) is 0 Å². The second-order valence-electron chi connectivity index (χ2n) is 4.94. The van der Waals surface area contributed by atoms with Crippen molar-refractivity contribution in [2.45, 2.75) is 18.9 Å². The highest BCUT2D eigenvalue weighted by Gasteiger charge is 2.24. The third-order valence-corrected chi connectivity index (χ3v) is 4.84. The minimum atomic E-state index is -3.55. The second-order valence-corrected chi connectivity index (χ2v) is 7.15. The van der Waals surface area contributed by atoms with E-state index in [0.717, 1.165) is 12.8 Å². The van der Waals surface area contributed by atoms with Gasteiger partial charge in [-0.3, -0.25) is 4.72 Å². The standard InChI is InChI=1S/C12H14ClN5O3S/c13-8-3-4-11(10(6-8)12-14-17-18-15-12)16-22(19,20)7-9-2-1-5-21-9/h3-4,6,9,16H,1-2,5,7H2,(H,14,15,17,18). The van der Waals surface area contributed by atoms with Crippen LogP contribution in [0.4, 0.5) is 5.69 Å². The molecule has 1 aliphatic heterocycles. The molecule has 1 saturated heterocycles. The van der Waals surface area contributed by atoms with E-state index >= 15 is 0 Å². The molecule has 8 nitrogen and oxygen atoms in total. The zero-order valence-electron chi connectivity index (χ0n) is 11.5. The molecule has 0 aliphatic carbocycles. The van der Waals surface area contributed by atoms with E-state index in [-0.39, 0.29) is 17.7 Å². The molecule has 1 atom stereocenters. The Morgan fingerprint density at radius 1 is 1.45 bits per heavy atom. The van der Waals surface area contributed by atoms with Gasteiger partial charge in [-0.15, -0.1) is 10.2 Å². The van der Waals surface area contributed by atoms with E-state index in [1.807, 2.05) is 0 Å². The van der Waals surface area contributed by atoms with E-state index in [2.05, 4.69) is 25.3 Å². The van der Waals surface area contributed by atoms with Gasteiger partial charge in [-0.25, -0.2) is 8.42 Å². The summed E-state index contributed by atoms with van der Waals surface area (Å²) < 4.78 is 32.5. The number of benzene rings is 1. The SMILES string of the molecule is O=S(=O)(CC1CCCO1)Nc1ccc(Cl)cc1-c1nn[nH]n1. The van der Waals surface area contributed by atoms with Crippen molar-refractivity contribution in [3.8, 4) is 11.4 Å². The maximum Gasteiger partial charge on any atom is 0.235 e. The van der Waals surface area contributed by atoms with Crippen molar-refractivity contribution in [2.75, 3.05) is 17.1 Å². The van der Waals surface area contributed by atoms with Crippen molar-refractivity contribution in [3.63, 3.8) is 0 Å². The van der Waals surface area contributed by atoms with Gasteiger partial charge in [0.25, 0.3) is 0 Å². The van der Waals surface area contributed by atoms with E-state index in [1.54, 1.807) is 18.2 Å². The minimum Gasteiger partial charge on any atom is -0.377 e. The molecule has 118 valence electrons. The van der Waals surface area contributed by atoms with Crippen LogP contribution in [0, 0.1) is 0 Å². The van der Waals surface area contributed by atoms with Crippen LogP contribution in [0.1, 0.15) is 12.8 Å². The first-order chi connectivity index (χ1) is 10.5. The molecule has 0 radical (unpaired) electrons. The van der Waals surface area contributed by atoms with Crippen LogP contribution in [0.2, 0.25) is 5.02 Å². The summed E-state index contributed by atoms with van der Waals surface area (Å²) in [6, 6.07) is 4.74. The summed E-state index contributed by atoms with van der Waals surface area (Å²) in [5, 5.41) is 14.0. The summed E-state index contributed by atoms with van der Waals surface area (Å²) in [4.78, 5) is 0. The summed E-state index contributed by atoms with van der Waals surface area (Å²) in [7, 11) is -3.55. The van der Waals surface area contributed by atoms with E-state index in [4.69, 9.17) is 16.3 Å². The van der Waals surface area contributed by atoms with Crippen LogP contribution in [0.3, 0.4) is 0 Å². The molecule has 2 heterocycles. The molecular weight excluding hydrogens is 330 g/mol. The van der Waals surface area contributed by atoms with Crippen molar-refractivity contribution < 1.29 is 13.2 Å². The Hall–Kier alpha value is -1.71. The lowest BCUT2D eigenvalue weighted by Crippen LogP contribution is -2.25. The molecule has 3 rings (SSSR count). The van der Waals surface area contributed by atoms with Gasteiger partial charge in [0.2, 0.25) is 15.8 Å². The van der Waals surface area contributed by atoms with Gasteiger partial charge < -0.3 is 4.74 Å². The largest absolute Gasteiger partial charge is 0.377 e. The lowest BCUT2D eigenvalue weighted by Gasteiger charge is -2.14. The summed E-state index contributed by atoms with van der Waals surface area (Å²) in [5.41, 5.74) is 0.806. The average Bonchev–Trinajstić information content (AvgIpc) is 3.13. The van der Waals surface area contributed by atoms with Crippen molar-refractivity contribution >= 4 is 27.3 Å². The molecule has 0 spiro atoms. The van der Waals surface area contributed by atoms with Crippen LogP contribution in [0.15, 0.2) is 18.2 Å². The molecule has 0 saturated carbocycles. The second kappa shape index (κ2) is 6.19. The maximum absolute atomic E-state index is 12.3. The monoisotopic (exact) mass is 343 g/mol. The quantitative estimate of drug-likeness (QED) is 0.850. The normalized spacial score (nSPS) is 18.5. The molecule has 10 heteroatoms. The first-order valence-electron chi connectivity index (χ1n) is 6.69. The number of aromatic amines is 1. The number of H-pyrrole nitrogens is 1. The molecule has 1 fully saturated rings. The van der Waals surface area contributed by atoms with Gasteiger partial charge in [0.1, 0.15) is 0 Å². The number of hydrogen-bond donors (Lipinski definition) is 2. The molecule has 22 heavy (non-hydrogen) atoms. The van der Waals surface area contributed by atoms with E-state index in [0.29, 0.717) is 22.9 Å². The third kappa shape index (κ3) is 3.54. The van der Waals surface area contributed by atoms with Crippen LogP contribution in [0.5, 0.6) is 0 Å². The van der Waals surface area contributed by atoms with E-state index < -0.39 is 10.0 Å². The Morgan fingerprint density at radius 3 is 3.00 bits per heavy atom. The molecule has 2 N–H and O–H groups in total. The van der Waals surface area contributed by atoms with Crippen LogP contribution >= 0.6 is 11.6 Å². The Bertz CT molecular complexity index is 744. The number of tetrazole rings is 1. The molecule has 1 aromatic carbocycles. The topological polar surface area (TPSA) is 110 Å². The van der Waals surface area contributed by atoms with Gasteiger partial charge in [-0.05, 0) is 36.3 Å². The fraction of sp³-hybridized carbons (Fsp3) is 0.417. The molecule has 0 bridgehead atoms. The average molecular weight is 344 g/mol. The van der Waals surface area contributed by atoms with Crippen molar-refractivity contribution in [1.29, 1.82) is 0 Å². The molecule has 1 unspecified atom stereocenters. The summed E-state index contributed by atoms with van der Waals surface area (Å²) in [5.74, 6) is 0.179. The fourth-order valence-corrected chi connectivity index (χ4v) is 3.82. The van der Waals surface area contributed by atoms with Gasteiger partial charge in [-0.1, -0.05) is 11.6 Å². The number of ether oxygens (including phenoxy) is 1. The lowest BCUT2D eigenvalue weighted by molar-refractivity contribution is 0.127. The molecular formula is C12H14ClN5O3S. The number of nitrogens with zero attached hydrogens (tertiary/aromatic N) is 3. The van der Waals surface area contributed by atoms with Gasteiger partial charge in [0.05, 0.1) is 17.5 Å². The number of anilines is 1. The molecule has 2 aromatic rings.